The van der Waals surface area contributed by atoms with Crippen LogP contribution in [0.15, 0.2) is 30.5 Å². The molecule has 20 heavy (non-hydrogen) atoms. The third-order valence-electron chi connectivity index (χ3n) is 3.04. The first-order valence-corrected chi connectivity index (χ1v) is 6.92. The Bertz CT molecular complexity index is 569. The summed E-state index contributed by atoms with van der Waals surface area (Å²) in [5, 5.41) is 3.35. The van der Waals surface area contributed by atoms with Gasteiger partial charge in [0.05, 0.1) is 18.4 Å². The molecule has 1 aromatic carbocycles. The van der Waals surface area contributed by atoms with E-state index < -0.39 is 0 Å². The van der Waals surface area contributed by atoms with Crippen LogP contribution in [0.25, 0.3) is 11.4 Å². The molecule has 0 spiro atoms. The van der Waals surface area contributed by atoms with E-state index in [2.05, 4.69) is 22.2 Å². The summed E-state index contributed by atoms with van der Waals surface area (Å²) >= 11 is 0. The van der Waals surface area contributed by atoms with Crippen molar-refractivity contribution >= 4 is 0 Å². The zero-order valence-electron chi connectivity index (χ0n) is 12.3. The molecule has 4 heteroatoms. The zero-order chi connectivity index (χ0) is 14.4. The molecule has 0 aliphatic rings. The largest absolute Gasteiger partial charge is 0.496 e. The van der Waals surface area contributed by atoms with E-state index in [9.17, 15) is 0 Å². The number of nitrogens with one attached hydrogen (secondary N) is 1. The fourth-order valence-electron chi connectivity index (χ4n) is 2.00. The standard InChI is InChI=1S/C16H21N3O/c1-4-8-17-11-13-7-9-18-16(19-13)14-6-5-12(2)10-15(14)20-3/h5-7,9-10,17H,4,8,11H2,1-3H3. The number of rotatable bonds is 6. The Morgan fingerprint density at radius 2 is 2.10 bits per heavy atom. The number of ether oxygens (including phenoxy) is 1. The van der Waals surface area contributed by atoms with Gasteiger partial charge in [-0.3, -0.25) is 0 Å². The monoisotopic (exact) mass is 271 g/mol. The number of hydrogen-bond acceptors (Lipinski definition) is 4. The van der Waals surface area contributed by atoms with E-state index in [4.69, 9.17) is 4.74 Å². The minimum absolute atomic E-state index is 0.706. The average Bonchev–Trinajstić information content (AvgIpc) is 2.47. The molecule has 0 unspecified atom stereocenters. The summed E-state index contributed by atoms with van der Waals surface area (Å²) in [6.07, 6.45) is 2.91. The predicted octanol–water partition coefficient (Wildman–Crippen LogP) is 2.96. The van der Waals surface area contributed by atoms with E-state index in [0.717, 1.165) is 42.1 Å². The van der Waals surface area contributed by atoms with Gasteiger partial charge in [-0.25, -0.2) is 9.97 Å². The second-order valence-electron chi connectivity index (χ2n) is 4.75. The molecule has 0 amide bonds. The third kappa shape index (κ3) is 3.54. The normalized spacial score (nSPS) is 10.6. The van der Waals surface area contributed by atoms with E-state index in [1.54, 1.807) is 13.3 Å². The number of aryl methyl sites for hydroxylation is 1. The highest BCUT2D eigenvalue weighted by Gasteiger charge is 2.09. The summed E-state index contributed by atoms with van der Waals surface area (Å²) in [4.78, 5) is 8.96. The molecule has 1 N–H and O–H groups in total. The van der Waals surface area contributed by atoms with Crippen molar-refractivity contribution in [1.82, 2.24) is 15.3 Å². The van der Waals surface area contributed by atoms with Crippen LogP contribution in [0.2, 0.25) is 0 Å². The van der Waals surface area contributed by atoms with Crippen molar-refractivity contribution in [3.63, 3.8) is 0 Å². The van der Waals surface area contributed by atoms with Crippen molar-refractivity contribution in [2.45, 2.75) is 26.8 Å². The minimum atomic E-state index is 0.706. The van der Waals surface area contributed by atoms with E-state index in [1.165, 1.54) is 0 Å². The first-order valence-electron chi connectivity index (χ1n) is 6.92. The lowest BCUT2D eigenvalue weighted by Crippen LogP contribution is -2.15. The molecule has 0 radical (unpaired) electrons. The predicted molar refractivity (Wildman–Crippen MR) is 80.8 cm³/mol. The molecule has 0 aliphatic heterocycles. The fourth-order valence-corrected chi connectivity index (χ4v) is 2.00. The molecule has 0 aliphatic carbocycles. The summed E-state index contributed by atoms with van der Waals surface area (Å²) in [6.45, 7) is 5.94. The molecular weight excluding hydrogens is 250 g/mol. The van der Waals surface area contributed by atoms with Crippen molar-refractivity contribution in [3.8, 4) is 17.1 Å². The second kappa shape index (κ2) is 7.01. The number of hydrogen-bond donors (Lipinski definition) is 1. The maximum absolute atomic E-state index is 5.42. The highest BCUT2D eigenvalue weighted by molar-refractivity contribution is 5.64. The maximum Gasteiger partial charge on any atom is 0.163 e. The van der Waals surface area contributed by atoms with Crippen LogP contribution in [0.1, 0.15) is 24.6 Å². The summed E-state index contributed by atoms with van der Waals surface area (Å²) < 4.78 is 5.42. The van der Waals surface area contributed by atoms with Crippen LogP contribution in [0.5, 0.6) is 5.75 Å². The molecule has 0 saturated heterocycles. The molecule has 106 valence electrons. The van der Waals surface area contributed by atoms with Gasteiger partial charge in [0, 0.05) is 12.7 Å². The SMILES string of the molecule is CCCNCc1ccnc(-c2ccc(C)cc2OC)n1. The van der Waals surface area contributed by atoms with Gasteiger partial charge in [-0.1, -0.05) is 13.0 Å². The Balaban J connectivity index is 2.26. The first kappa shape index (κ1) is 14.5. The van der Waals surface area contributed by atoms with Gasteiger partial charge in [0.1, 0.15) is 5.75 Å². The molecule has 2 rings (SSSR count). The number of benzene rings is 1. The Labute approximate surface area is 120 Å². The summed E-state index contributed by atoms with van der Waals surface area (Å²) in [6, 6.07) is 7.99. The minimum Gasteiger partial charge on any atom is -0.496 e. The Kier molecular flexibility index (Phi) is 5.07. The third-order valence-corrected chi connectivity index (χ3v) is 3.04. The van der Waals surface area contributed by atoms with Gasteiger partial charge in [-0.05, 0) is 43.7 Å². The van der Waals surface area contributed by atoms with Crippen LogP contribution in [0.4, 0.5) is 0 Å². The van der Waals surface area contributed by atoms with Gasteiger partial charge in [-0.15, -0.1) is 0 Å². The lowest BCUT2D eigenvalue weighted by Gasteiger charge is -2.09. The van der Waals surface area contributed by atoms with E-state index in [1.807, 2.05) is 31.2 Å². The van der Waals surface area contributed by atoms with Crippen molar-refractivity contribution in [1.29, 1.82) is 0 Å². The Hall–Kier alpha value is -1.94. The van der Waals surface area contributed by atoms with Crippen LogP contribution >= 0.6 is 0 Å². The second-order valence-corrected chi connectivity index (χ2v) is 4.75. The highest BCUT2D eigenvalue weighted by atomic mass is 16.5. The van der Waals surface area contributed by atoms with Crippen LogP contribution < -0.4 is 10.1 Å². The number of aromatic nitrogens is 2. The maximum atomic E-state index is 5.42. The van der Waals surface area contributed by atoms with Crippen LogP contribution in [0, 0.1) is 6.92 Å². The van der Waals surface area contributed by atoms with Crippen LogP contribution in [-0.2, 0) is 6.54 Å². The zero-order valence-corrected chi connectivity index (χ0v) is 12.3. The number of nitrogens with zero attached hydrogens (tertiary/aromatic N) is 2. The highest BCUT2D eigenvalue weighted by Crippen LogP contribution is 2.28. The van der Waals surface area contributed by atoms with Crippen LogP contribution in [0.3, 0.4) is 0 Å². The Morgan fingerprint density at radius 1 is 1.25 bits per heavy atom. The number of methoxy groups -OCH3 is 1. The summed E-state index contributed by atoms with van der Waals surface area (Å²) in [5.41, 5.74) is 3.08. The molecule has 2 aromatic rings. The van der Waals surface area contributed by atoms with E-state index >= 15 is 0 Å². The smallest absolute Gasteiger partial charge is 0.163 e. The average molecular weight is 271 g/mol. The topological polar surface area (TPSA) is 47.0 Å². The van der Waals surface area contributed by atoms with Crippen molar-refractivity contribution in [2.24, 2.45) is 0 Å². The van der Waals surface area contributed by atoms with Gasteiger partial charge >= 0.3 is 0 Å². The van der Waals surface area contributed by atoms with Gasteiger partial charge in [0.25, 0.3) is 0 Å². The summed E-state index contributed by atoms with van der Waals surface area (Å²) in [5.74, 6) is 1.52. The van der Waals surface area contributed by atoms with E-state index in [0.29, 0.717) is 5.82 Å². The molecule has 0 saturated carbocycles. The first-order chi connectivity index (χ1) is 9.74. The lowest BCUT2D eigenvalue weighted by molar-refractivity contribution is 0.416. The van der Waals surface area contributed by atoms with Gasteiger partial charge < -0.3 is 10.1 Å². The van der Waals surface area contributed by atoms with Gasteiger partial charge in [-0.2, -0.15) is 0 Å². The molecular formula is C16H21N3O. The van der Waals surface area contributed by atoms with Crippen molar-refractivity contribution in [3.05, 3.63) is 41.7 Å². The molecule has 4 nitrogen and oxygen atoms in total. The summed E-state index contributed by atoms with van der Waals surface area (Å²) in [7, 11) is 1.67. The quantitative estimate of drug-likeness (QED) is 0.821. The molecule has 0 atom stereocenters. The fraction of sp³-hybridized carbons (Fsp3) is 0.375. The Morgan fingerprint density at radius 3 is 2.85 bits per heavy atom. The van der Waals surface area contributed by atoms with Gasteiger partial charge in [0.15, 0.2) is 5.82 Å². The molecule has 1 aromatic heterocycles. The molecule has 0 bridgehead atoms. The molecule has 0 fully saturated rings. The van der Waals surface area contributed by atoms with Crippen LogP contribution in [-0.4, -0.2) is 23.6 Å². The lowest BCUT2D eigenvalue weighted by atomic mass is 10.1. The van der Waals surface area contributed by atoms with Crippen molar-refractivity contribution in [2.75, 3.05) is 13.7 Å². The van der Waals surface area contributed by atoms with Crippen molar-refractivity contribution < 1.29 is 4.74 Å². The van der Waals surface area contributed by atoms with E-state index in [-0.39, 0.29) is 0 Å². The molecule has 1 heterocycles. The van der Waals surface area contributed by atoms with Gasteiger partial charge in [0.2, 0.25) is 0 Å².